The van der Waals surface area contributed by atoms with Crippen LogP contribution < -0.4 is 10.2 Å². The number of hydrogen-bond donors (Lipinski definition) is 1. The summed E-state index contributed by atoms with van der Waals surface area (Å²) in [7, 11) is 0. The van der Waals surface area contributed by atoms with E-state index in [0.29, 0.717) is 28.9 Å². The first kappa shape index (κ1) is 25.4. The zero-order valence-corrected chi connectivity index (χ0v) is 21.7. The van der Waals surface area contributed by atoms with Crippen LogP contribution in [0.5, 0.6) is 0 Å². The van der Waals surface area contributed by atoms with E-state index in [-0.39, 0.29) is 11.4 Å². The van der Waals surface area contributed by atoms with Gasteiger partial charge in [0, 0.05) is 23.1 Å². The van der Waals surface area contributed by atoms with Gasteiger partial charge in [-0.3, -0.25) is 9.59 Å². The molecule has 0 radical (unpaired) electrons. The third kappa shape index (κ3) is 5.25. The Morgan fingerprint density at radius 2 is 1.38 bits per heavy atom. The predicted molar refractivity (Wildman–Crippen MR) is 154 cm³/mol. The maximum atomic E-state index is 14.0. The van der Waals surface area contributed by atoms with Gasteiger partial charge in [0.2, 0.25) is 0 Å². The molecule has 0 saturated heterocycles. The van der Waals surface area contributed by atoms with Crippen molar-refractivity contribution in [3.05, 3.63) is 137 Å². The third-order valence-electron chi connectivity index (χ3n) is 6.45. The van der Waals surface area contributed by atoms with Crippen molar-refractivity contribution in [1.82, 2.24) is 4.98 Å². The Kier molecular flexibility index (Phi) is 7.15. The van der Waals surface area contributed by atoms with Crippen molar-refractivity contribution in [3.63, 3.8) is 0 Å². The Labute approximate surface area is 227 Å². The van der Waals surface area contributed by atoms with Crippen LogP contribution >= 0.6 is 0 Å². The molecule has 2 amide bonds. The number of anilines is 2. The average molecular weight is 511 g/mol. The molecule has 6 heteroatoms. The number of carbonyl (C=O) groups excluding carboxylic acids is 2. The van der Waals surface area contributed by atoms with Crippen LogP contribution in [0.25, 0.3) is 10.9 Å². The molecule has 1 aromatic heterocycles. The predicted octanol–water partition coefficient (Wildman–Crippen LogP) is 6.82. The first-order valence-corrected chi connectivity index (χ1v) is 12.6. The number of nitriles is 1. The molecule has 0 spiro atoms. The van der Waals surface area contributed by atoms with Crippen molar-refractivity contribution in [2.75, 3.05) is 10.2 Å². The number of para-hydroxylation sites is 1. The maximum absolute atomic E-state index is 14.0. The molecule has 5 aromatic rings. The number of rotatable bonds is 6. The number of imide groups is 1. The summed E-state index contributed by atoms with van der Waals surface area (Å²) < 4.78 is 0. The van der Waals surface area contributed by atoms with Crippen LogP contribution in [0.2, 0.25) is 0 Å². The molecule has 0 atom stereocenters. The van der Waals surface area contributed by atoms with Gasteiger partial charge in [0.15, 0.2) is 5.82 Å². The highest BCUT2D eigenvalue weighted by molar-refractivity contribution is 6.26. The van der Waals surface area contributed by atoms with Gasteiger partial charge in [-0.2, -0.15) is 5.26 Å². The summed E-state index contributed by atoms with van der Waals surface area (Å²) in [5.41, 5.74) is 4.62. The summed E-state index contributed by atoms with van der Waals surface area (Å²) in [5, 5.41) is 14.5. The molecule has 6 nitrogen and oxygen atoms in total. The lowest BCUT2D eigenvalue weighted by Gasteiger charge is -2.24. The number of nitrogens with zero attached hydrogens (tertiary/aromatic N) is 3. The molecule has 1 heterocycles. The first-order valence-electron chi connectivity index (χ1n) is 12.6. The van der Waals surface area contributed by atoms with E-state index in [2.05, 4.69) is 11.4 Å². The first-order chi connectivity index (χ1) is 19.0. The summed E-state index contributed by atoms with van der Waals surface area (Å²) >= 11 is 0. The van der Waals surface area contributed by atoms with E-state index < -0.39 is 11.8 Å². The van der Waals surface area contributed by atoms with Crippen LogP contribution in [0.1, 0.15) is 43.0 Å². The normalized spacial score (nSPS) is 10.6. The minimum absolute atomic E-state index is 0.00947. The van der Waals surface area contributed by atoms with Gasteiger partial charge in [0.1, 0.15) is 11.6 Å². The molecule has 39 heavy (non-hydrogen) atoms. The van der Waals surface area contributed by atoms with Crippen LogP contribution in [0.3, 0.4) is 0 Å². The standard InChI is InChI=1S/C33H26N4O2/c1-22-10-8-14-25(18-22)32(38)37(33(39)26-15-9-11-23(2)19-26)31-28(20-34)30(27-16-6-7-17-29(27)36-31)35-21-24-12-4-3-5-13-24/h3-19H,21H2,1-2H3,(H,35,36). The van der Waals surface area contributed by atoms with Crippen molar-refractivity contribution < 1.29 is 9.59 Å². The summed E-state index contributed by atoms with van der Waals surface area (Å²) in [5.74, 6) is -1.12. The molecular weight excluding hydrogens is 484 g/mol. The second-order valence-corrected chi connectivity index (χ2v) is 9.34. The summed E-state index contributed by atoms with van der Waals surface area (Å²) in [4.78, 5) is 33.8. The smallest absolute Gasteiger partial charge is 0.266 e. The number of fused-ring (bicyclic) bond motifs is 1. The fourth-order valence-electron chi connectivity index (χ4n) is 4.54. The van der Waals surface area contributed by atoms with Gasteiger partial charge >= 0.3 is 0 Å². The van der Waals surface area contributed by atoms with E-state index in [1.165, 1.54) is 0 Å². The molecule has 4 aromatic carbocycles. The molecule has 0 aliphatic rings. The molecular formula is C33H26N4O2. The van der Waals surface area contributed by atoms with Gasteiger partial charge in [-0.1, -0.05) is 83.9 Å². The van der Waals surface area contributed by atoms with Crippen molar-refractivity contribution in [1.29, 1.82) is 5.26 Å². The van der Waals surface area contributed by atoms with E-state index in [9.17, 15) is 14.9 Å². The Morgan fingerprint density at radius 1 is 0.795 bits per heavy atom. The second-order valence-electron chi connectivity index (χ2n) is 9.34. The second kappa shape index (κ2) is 11.0. The van der Waals surface area contributed by atoms with Crippen LogP contribution in [0.15, 0.2) is 103 Å². The number of carbonyl (C=O) groups is 2. The molecule has 1 N–H and O–H groups in total. The topological polar surface area (TPSA) is 86.1 Å². The Morgan fingerprint density at radius 3 is 1.97 bits per heavy atom. The molecule has 0 fully saturated rings. The molecule has 190 valence electrons. The van der Waals surface area contributed by atoms with E-state index in [4.69, 9.17) is 4.98 Å². The number of hydrogen-bond acceptors (Lipinski definition) is 5. The number of nitrogens with one attached hydrogen (secondary N) is 1. The monoisotopic (exact) mass is 510 g/mol. The number of benzene rings is 4. The number of amides is 2. The largest absolute Gasteiger partial charge is 0.379 e. The highest BCUT2D eigenvalue weighted by Gasteiger charge is 2.31. The quantitative estimate of drug-likeness (QED) is 0.253. The summed E-state index contributed by atoms with van der Waals surface area (Å²) in [6, 6.07) is 33.5. The number of aromatic nitrogens is 1. The van der Waals surface area contributed by atoms with E-state index in [1.54, 1.807) is 42.5 Å². The Hall–Kier alpha value is -5.28. The molecule has 0 aliphatic carbocycles. The zero-order chi connectivity index (χ0) is 27.4. The van der Waals surface area contributed by atoms with E-state index in [0.717, 1.165) is 27.0 Å². The molecule has 0 bridgehead atoms. The zero-order valence-electron chi connectivity index (χ0n) is 21.7. The minimum Gasteiger partial charge on any atom is -0.379 e. The van der Waals surface area contributed by atoms with Crippen LogP contribution in [-0.2, 0) is 6.54 Å². The van der Waals surface area contributed by atoms with Crippen LogP contribution in [0.4, 0.5) is 11.5 Å². The highest BCUT2D eigenvalue weighted by Crippen LogP contribution is 2.34. The van der Waals surface area contributed by atoms with Crippen molar-refractivity contribution >= 4 is 34.2 Å². The van der Waals surface area contributed by atoms with E-state index >= 15 is 0 Å². The lowest BCUT2D eigenvalue weighted by molar-refractivity contribution is 0.0896. The van der Waals surface area contributed by atoms with Gasteiger partial charge < -0.3 is 5.32 Å². The van der Waals surface area contributed by atoms with E-state index in [1.807, 2.05) is 74.5 Å². The molecule has 0 aliphatic heterocycles. The van der Waals surface area contributed by atoms with Gasteiger partial charge in [0.05, 0.1) is 11.2 Å². The minimum atomic E-state index is -0.557. The number of pyridine rings is 1. The van der Waals surface area contributed by atoms with Gasteiger partial charge in [0.25, 0.3) is 11.8 Å². The van der Waals surface area contributed by atoms with Gasteiger partial charge in [-0.25, -0.2) is 9.88 Å². The summed E-state index contributed by atoms with van der Waals surface area (Å²) in [6.07, 6.45) is 0. The Balaban J connectivity index is 1.72. The van der Waals surface area contributed by atoms with Crippen LogP contribution in [-0.4, -0.2) is 16.8 Å². The molecule has 0 unspecified atom stereocenters. The van der Waals surface area contributed by atoms with Crippen molar-refractivity contribution in [2.45, 2.75) is 20.4 Å². The van der Waals surface area contributed by atoms with Crippen LogP contribution in [0, 0.1) is 25.2 Å². The lowest BCUT2D eigenvalue weighted by atomic mass is 10.0. The Bertz CT molecular complexity index is 1680. The fraction of sp³-hybridized carbons (Fsp3) is 0.0909. The van der Waals surface area contributed by atoms with Crippen molar-refractivity contribution in [3.8, 4) is 6.07 Å². The molecule has 0 saturated carbocycles. The van der Waals surface area contributed by atoms with Crippen molar-refractivity contribution in [2.24, 2.45) is 0 Å². The summed E-state index contributed by atoms with van der Waals surface area (Å²) in [6.45, 7) is 4.20. The number of aryl methyl sites for hydroxylation is 2. The average Bonchev–Trinajstić information content (AvgIpc) is 2.96. The fourth-order valence-corrected chi connectivity index (χ4v) is 4.54. The molecule has 5 rings (SSSR count). The van der Waals surface area contributed by atoms with Gasteiger partial charge in [-0.05, 0) is 49.7 Å². The highest BCUT2D eigenvalue weighted by atomic mass is 16.2. The maximum Gasteiger partial charge on any atom is 0.266 e. The lowest BCUT2D eigenvalue weighted by Crippen LogP contribution is -2.38. The van der Waals surface area contributed by atoms with Gasteiger partial charge in [-0.15, -0.1) is 0 Å². The SMILES string of the molecule is Cc1cccc(C(=O)N(C(=O)c2cccc(C)c2)c2nc3ccccc3c(NCc3ccccc3)c2C#N)c1. The third-order valence-corrected chi connectivity index (χ3v) is 6.45.